The molecule has 2 atom stereocenters. The number of fused-ring (bicyclic) bond motifs is 1. The molecule has 0 aliphatic heterocycles. The first kappa shape index (κ1) is 13.4. The van der Waals surface area contributed by atoms with Gasteiger partial charge < -0.3 is 5.32 Å². The summed E-state index contributed by atoms with van der Waals surface area (Å²) in [7, 11) is 1.99. The quantitative estimate of drug-likeness (QED) is 0.924. The Kier molecular flexibility index (Phi) is 3.88. The van der Waals surface area contributed by atoms with Crippen LogP contribution in [0, 0.1) is 0 Å². The number of nitrogens with zero attached hydrogens (tertiary/aromatic N) is 2. The van der Waals surface area contributed by atoms with Crippen LogP contribution in [0.3, 0.4) is 0 Å². The second kappa shape index (κ2) is 5.80. The Morgan fingerprint density at radius 3 is 3.00 bits per heavy atom. The van der Waals surface area contributed by atoms with Crippen LogP contribution in [0.5, 0.6) is 0 Å². The molecule has 3 rings (SSSR count). The summed E-state index contributed by atoms with van der Waals surface area (Å²) >= 11 is 0. The highest BCUT2D eigenvalue weighted by Crippen LogP contribution is 2.40. The molecule has 2 aromatic rings. The van der Waals surface area contributed by atoms with E-state index in [1.807, 2.05) is 17.9 Å². The fraction of sp³-hybridized carbons (Fsp3) is 0.471. The molecule has 1 aliphatic carbocycles. The third-order valence-electron chi connectivity index (χ3n) is 4.33. The first-order valence-electron chi connectivity index (χ1n) is 7.59. The maximum Gasteiger partial charge on any atom is 0.0537 e. The Hall–Kier alpha value is -1.61. The van der Waals surface area contributed by atoms with Crippen LogP contribution in [-0.4, -0.2) is 16.3 Å². The van der Waals surface area contributed by atoms with E-state index in [0.29, 0.717) is 12.0 Å². The average molecular weight is 269 g/mol. The molecule has 0 radical (unpaired) electrons. The molecule has 0 fully saturated rings. The van der Waals surface area contributed by atoms with Gasteiger partial charge in [-0.1, -0.05) is 31.2 Å². The molecule has 0 bridgehead atoms. The molecule has 0 amide bonds. The monoisotopic (exact) mass is 269 g/mol. The van der Waals surface area contributed by atoms with Crippen LogP contribution in [0.4, 0.5) is 0 Å². The fourth-order valence-electron chi connectivity index (χ4n) is 3.45. The summed E-state index contributed by atoms with van der Waals surface area (Å²) in [5.74, 6) is 0.559. The van der Waals surface area contributed by atoms with Crippen molar-refractivity contribution < 1.29 is 0 Å². The van der Waals surface area contributed by atoms with Gasteiger partial charge in [0.2, 0.25) is 0 Å². The molecule has 3 heteroatoms. The van der Waals surface area contributed by atoms with Gasteiger partial charge in [0.15, 0.2) is 0 Å². The number of benzene rings is 1. The Labute approximate surface area is 121 Å². The summed E-state index contributed by atoms with van der Waals surface area (Å²) in [6, 6.07) is 9.29. The normalized spacial score (nSPS) is 19.6. The summed E-state index contributed by atoms with van der Waals surface area (Å²) in [4.78, 5) is 0. The number of rotatable bonds is 4. The van der Waals surface area contributed by atoms with Gasteiger partial charge in [-0.3, -0.25) is 4.68 Å². The molecule has 2 unspecified atom stereocenters. The van der Waals surface area contributed by atoms with Crippen molar-refractivity contribution in [1.82, 2.24) is 15.1 Å². The molecule has 20 heavy (non-hydrogen) atoms. The van der Waals surface area contributed by atoms with Crippen molar-refractivity contribution in [2.75, 3.05) is 6.54 Å². The average Bonchev–Trinajstić information content (AvgIpc) is 2.91. The van der Waals surface area contributed by atoms with E-state index in [4.69, 9.17) is 0 Å². The van der Waals surface area contributed by atoms with E-state index in [2.05, 4.69) is 47.8 Å². The molecule has 106 valence electrons. The fourth-order valence-corrected chi connectivity index (χ4v) is 3.45. The zero-order chi connectivity index (χ0) is 13.9. The molecular weight excluding hydrogens is 246 g/mol. The van der Waals surface area contributed by atoms with Gasteiger partial charge in [0.05, 0.1) is 6.20 Å². The van der Waals surface area contributed by atoms with E-state index in [1.54, 1.807) is 0 Å². The van der Waals surface area contributed by atoms with E-state index in [9.17, 15) is 0 Å². The topological polar surface area (TPSA) is 29.9 Å². The van der Waals surface area contributed by atoms with Gasteiger partial charge in [-0.15, -0.1) is 0 Å². The number of aryl methyl sites for hydroxylation is 2. The molecule has 1 heterocycles. The number of nitrogens with one attached hydrogen (secondary N) is 1. The van der Waals surface area contributed by atoms with E-state index < -0.39 is 0 Å². The molecule has 1 aliphatic rings. The van der Waals surface area contributed by atoms with Crippen molar-refractivity contribution in [1.29, 1.82) is 0 Å². The van der Waals surface area contributed by atoms with Crippen LogP contribution >= 0.6 is 0 Å². The summed E-state index contributed by atoms with van der Waals surface area (Å²) in [5.41, 5.74) is 4.35. The van der Waals surface area contributed by atoms with Crippen LogP contribution in [0.25, 0.3) is 0 Å². The van der Waals surface area contributed by atoms with Crippen molar-refractivity contribution in [3.05, 3.63) is 53.3 Å². The van der Waals surface area contributed by atoms with Crippen molar-refractivity contribution in [2.45, 2.75) is 38.1 Å². The van der Waals surface area contributed by atoms with E-state index in [0.717, 1.165) is 6.54 Å². The van der Waals surface area contributed by atoms with Gasteiger partial charge >= 0.3 is 0 Å². The first-order chi connectivity index (χ1) is 9.79. The number of aromatic nitrogens is 2. The third-order valence-corrected chi connectivity index (χ3v) is 4.33. The lowest BCUT2D eigenvalue weighted by Gasteiger charge is -2.32. The zero-order valence-corrected chi connectivity index (χ0v) is 12.3. The van der Waals surface area contributed by atoms with Crippen LogP contribution in [0.1, 0.15) is 48.4 Å². The van der Waals surface area contributed by atoms with Crippen molar-refractivity contribution in [3.8, 4) is 0 Å². The predicted molar refractivity (Wildman–Crippen MR) is 81.7 cm³/mol. The molecule has 3 nitrogen and oxygen atoms in total. The zero-order valence-electron chi connectivity index (χ0n) is 12.3. The summed E-state index contributed by atoms with van der Waals surface area (Å²) < 4.78 is 1.90. The molecule has 0 saturated heterocycles. The summed E-state index contributed by atoms with van der Waals surface area (Å²) in [6.45, 7) is 3.16. The lowest BCUT2D eigenvalue weighted by atomic mass is 9.77. The van der Waals surface area contributed by atoms with Crippen molar-refractivity contribution in [2.24, 2.45) is 7.05 Å². The number of hydrogen-bond donors (Lipinski definition) is 1. The van der Waals surface area contributed by atoms with Crippen LogP contribution < -0.4 is 5.32 Å². The van der Waals surface area contributed by atoms with Crippen LogP contribution in [0.15, 0.2) is 36.7 Å². The SMILES string of the molecule is CCNC(c1cnn(C)c1)C1CCCc2ccccc21. The predicted octanol–water partition coefficient (Wildman–Crippen LogP) is 3.19. The molecule has 0 spiro atoms. The highest BCUT2D eigenvalue weighted by atomic mass is 15.2. The maximum absolute atomic E-state index is 4.35. The third kappa shape index (κ3) is 2.50. The molecule has 1 aromatic heterocycles. The van der Waals surface area contributed by atoms with Gasteiger partial charge in [-0.2, -0.15) is 5.10 Å². The smallest absolute Gasteiger partial charge is 0.0537 e. The largest absolute Gasteiger partial charge is 0.310 e. The first-order valence-corrected chi connectivity index (χ1v) is 7.59. The van der Waals surface area contributed by atoms with Gasteiger partial charge in [-0.25, -0.2) is 0 Å². The second-order valence-corrected chi connectivity index (χ2v) is 5.68. The lowest BCUT2D eigenvalue weighted by molar-refractivity contribution is 0.408. The van der Waals surface area contributed by atoms with E-state index in [-0.39, 0.29) is 0 Å². The van der Waals surface area contributed by atoms with Crippen molar-refractivity contribution in [3.63, 3.8) is 0 Å². The van der Waals surface area contributed by atoms with Crippen LogP contribution in [-0.2, 0) is 13.5 Å². The lowest BCUT2D eigenvalue weighted by Crippen LogP contribution is -2.29. The number of likely N-dealkylation sites (N-methyl/N-ethyl adjacent to an activating group) is 1. The maximum atomic E-state index is 4.35. The van der Waals surface area contributed by atoms with Gasteiger partial charge in [-0.05, 0) is 36.9 Å². The summed E-state index contributed by atoms with van der Waals surface area (Å²) in [6.07, 6.45) is 7.90. The van der Waals surface area contributed by atoms with Crippen molar-refractivity contribution >= 4 is 0 Å². The minimum atomic E-state index is 0.371. The Morgan fingerprint density at radius 2 is 2.25 bits per heavy atom. The second-order valence-electron chi connectivity index (χ2n) is 5.68. The van der Waals surface area contributed by atoms with Crippen LogP contribution in [0.2, 0.25) is 0 Å². The number of hydrogen-bond acceptors (Lipinski definition) is 2. The molecule has 1 aromatic carbocycles. The highest BCUT2D eigenvalue weighted by Gasteiger charge is 2.28. The Balaban J connectivity index is 1.96. The minimum Gasteiger partial charge on any atom is -0.310 e. The Morgan fingerprint density at radius 1 is 1.40 bits per heavy atom. The van der Waals surface area contributed by atoms with Gasteiger partial charge in [0, 0.05) is 30.8 Å². The molecular formula is C17H23N3. The standard InChI is InChI=1S/C17H23N3/c1-3-18-17(14-11-19-20(2)12-14)16-10-6-8-13-7-4-5-9-15(13)16/h4-5,7,9,11-12,16-18H,3,6,8,10H2,1-2H3. The van der Waals surface area contributed by atoms with Gasteiger partial charge in [0.25, 0.3) is 0 Å². The minimum absolute atomic E-state index is 0.371. The van der Waals surface area contributed by atoms with E-state index in [1.165, 1.54) is 36.0 Å². The Bertz CT molecular complexity index is 573. The van der Waals surface area contributed by atoms with Gasteiger partial charge in [0.1, 0.15) is 0 Å². The summed E-state index contributed by atoms with van der Waals surface area (Å²) in [5, 5.41) is 8.02. The van der Waals surface area contributed by atoms with E-state index >= 15 is 0 Å². The molecule has 1 N–H and O–H groups in total. The molecule has 0 saturated carbocycles. The highest BCUT2D eigenvalue weighted by molar-refractivity contribution is 5.35.